The lowest BCUT2D eigenvalue weighted by atomic mass is 10.0. The van der Waals surface area contributed by atoms with E-state index in [-0.39, 0.29) is 0 Å². The molecule has 0 aromatic heterocycles. The molecule has 0 radical (unpaired) electrons. The van der Waals surface area contributed by atoms with E-state index in [1.54, 1.807) is 0 Å². The van der Waals surface area contributed by atoms with Crippen molar-refractivity contribution in [3.63, 3.8) is 0 Å². The zero-order valence-corrected chi connectivity index (χ0v) is 14.8. The minimum Gasteiger partial charge on any atom is -0.494 e. The summed E-state index contributed by atoms with van der Waals surface area (Å²) in [6.45, 7) is 10.9. The lowest BCUT2D eigenvalue weighted by Gasteiger charge is -2.32. The molecule has 1 aromatic carbocycles. The lowest BCUT2D eigenvalue weighted by molar-refractivity contribution is 0.153. The molecule has 1 aromatic rings. The SMILES string of the molecule is CCOc1cc2c(cc1CCCN1CCN(C)CC1)OC(C)C2. The van der Waals surface area contributed by atoms with Crippen LogP contribution in [0.2, 0.25) is 0 Å². The molecule has 0 spiro atoms. The number of ether oxygens (including phenoxy) is 2. The molecule has 0 amide bonds. The van der Waals surface area contributed by atoms with Gasteiger partial charge in [0, 0.05) is 38.2 Å². The number of likely N-dealkylation sites (N-methyl/N-ethyl adjacent to an activating group) is 1. The smallest absolute Gasteiger partial charge is 0.123 e. The average molecular weight is 318 g/mol. The summed E-state index contributed by atoms with van der Waals surface area (Å²) >= 11 is 0. The van der Waals surface area contributed by atoms with Crippen molar-refractivity contribution in [3.05, 3.63) is 23.3 Å². The Morgan fingerprint density at radius 1 is 1.22 bits per heavy atom. The number of nitrogens with zero attached hydrogens (tertiary/aromatic N) is 2. The fourth-order valence-electron chi connectivity index (χ4n) is 3.53. The van der Waals surface area contributed by atoms with E-state index in [9.17, 15) is 0 Å². The van der Waals surface area contributed by atoms with E-state index < -0.39 is 0 Å². The molecule has 0 bridgehead atoms. The zero-order valence-electron chi connectivity index (χ0n) is 14.8. The van der Waals surface area contributed by atoms with Crippen LogP contribution in [0.1, 0.15) is 31.4 Å². The Morgan fingerprint density at radius 3 is 2.74 bits per heavy atom. The molecule has 1 fully saturated rings. The van der Waals surface area contributed by atoms with Gasteiger partial charge < -0.3 is 19.3 Å². The highest BCUT2D eigenvalue weighted by Gasteiger charge is 2.22. The second-order valence-electron chi connectivity index (χ2n) is 6.88. The molecule has 0 N–H and O–H groups in total. The van der Waals surface area contributed by atoms with Gasteiger partial charge in [0.2, 0.25) is 0 Å². The van der Waals surface area contributed by atoms with E-state index >= 15 is 0 Å². The predicted molar refractivity (Wildman–Crippen MR) is 93.7 cm³/mol. The first-order chi connectivity index (χ1) is 11.2. The van der Waals surface area contributed by atoms with Gasteiger partial charge in [0.1, 0.15) is 17.6 Å². The largest absolute Gasteiger partial charge is 0.494 e. The van der Waals surface area contributed by atoms with E-state index in [2.05, 4.69) is 42.8 Å². The van der Waals surface area contributed by atoms with Crippen molar-refractivity contribution in [3.8, 4) is 11.5 Å². The highest BCUT2D eigenvalue weighted by Crippen LogP contribution is 2.35. The molecule has 1 atom stereocenters. The van der Waals surface area contributed by atoms with Gasteiger partial charge in [-0.05, 0) is 58.0 Å². The molecule has 0 aliphatic carbocycles. The highest BCUT2D eigenvalue weighted by atomic mass is 16.5. The summed E-state index contributed by atoms with van der Waals surface area (Å²) in [5, 5.41) is 0. The molecule has 128 valence electrons. The van der Waals surface area contributed by atoms with Crippen LogP contribution in [0.4, 0.5) is 0 Å². The van der Waals surface area contributed by atoms with Crippen LogP contribution in [-0.4, -0.2) is 62.3 Å². The van der Waals surface area contributed by atoms with E-state index in [1.165, 1.54) is 50.3 Å². The van der Waals surface area contributed by atoms with Crippen molar-refractivity contribution in [1.29, 1.82) is 0 Å². The normalized spacial score (nSPS) is 22.0. The van der Waals surface area contributed by atoms with Crippen molar-refractivity contribution in [1.82, 2.24) is 9.80 Å². The fraction of sp³-hybridized carbons (Fsp3) is 0.684. The minimum absolute atomic E-state index is 0.292. The molecule has 2 aliphatic rings. The van der Waals surface area contributed by atoms with Crippen LogP contribution in [0.15, 0.2) is 12.1 Å². The monoisotopic (exact) mass is 318 g/mol. The minimum atomic E-state index is 0.292. The number of hydrogen-bond donors (Lipinski definition) is 0. The van der Waals surface area contributed by atoms with Crippen LogP contribution in [-0.2, 0) is 12.8 Å². The van der Waals surface area contributed by atoms with Crippen LogP contribution >= 0.6 is 0 Å². The van der Waals surface area contributed by atoms with Gasteiger partial charge in [0.25, 0.3) is 0 Å². The summed E-state index contributed by atoms with van der Waals surface area (Å²) in [4.78, 5) is 4.98. The number of fused-ring (bicyclic) bond motifs is 1. The molecule has 4 nitrogen and oxygen atoms in total. The Morgan fingerprint density at radius 2 is 2.00 bits per heavy atom. The van der Waals surface area contributed by atoms with E-state index in [1.807, 2.05) is 0 Å². The molecule has 3 rings (SSSR count). The Balaban J connectivity index is 1.59. The molecule has 1 saturated heterocycles. The highest BCUT2D eigenvalue weighted by molar-refractivity contribution is 5.48. The summed E-state index contributed by atoms with van der Waals surface area (Å²) < 4.78 is 11.8. The van der Waals surface area contributed by atoms with Crippen LogP contribution in [0.25, 0.3) is 0 Å². The summed E-state index contributed by atoms with van der Waals surface area (Å²) in [6.07, 6.45) is 3.53. The maximum absolute atomic E-state index is 5.92. The Bertz CT molecular complexity index is 524. The van der Waals surface area contributed by atoms with E-state index in [0.29, 0.717) is 6.10 Å². The Hall–Kier alpha value is -1.26. The molecule has 0 saturated carbocycles. The fourth-order valence-corrected chi connectivity index (χ4v) is 3.53. The molecule has 2 aliphatic heterocycles. The number of benzene rings is 1. The third-order valence-corrected chi connectivity index (χ3v) is 4.90. The van der Waals surface area contributed by atoms with Gasteiger partial charge in [-0.3, -0.25) is 0 Å². The summed E-state index contributed by atoms with van der Waals surface area (Å²) in [7, 11) is 2.21. The second kappa shape index (κ2) is 7.54. The number of hydrogen-bond acceptors (Lipinski definition) is 4. The van der Waals surface area contributed by atoms with Gasteiger partial charge in [-0.15, -0.1) is 0 Å². The Labute approximate surface area is 140 Å². The van der Waals surface area contributed by atoms with Gasteiger partial charge >= 0.3 is 0 Å². The van der Waals surface area contributed by atoms with Crippen LogP contribution in [0.3, 0.4) is 0 Å². The van der Waals surface area contributed by atoms with Crippen molar-refractivity contribution in [2.24, 2.45) is 0 Å². The third kappa shape index (κ3) is 4.18. The van der Waals surface area contributed by atoms with Gasteiger partial charge in [0.15, 0.2) is 0 Å². The first-order valence-electron chi connectivity index (χ1n) is 9.02. The molecular formula is C19H30N2O2. The average Bonchev–Trinajstić information content (AvgIpc) is 2.89. The van der Waals surface area contributed by atoms with Gasteiger partial charge in [-0.1, -0.05) is 0 Å². The maximum Gasteiger partial charge on any atom is 0.123 e. The number of piperazine rings is 1. The van der Waals surface area contributed by atoms with Crippen molar-refractivity contribution < 1.29 is 9.47 Å². The van der Waals surface area contributed by atoms with Crippen LogP contribution in [0, 0.1) is 0 Å². The first-order valence-corrected chi connectivity index (χ1v) is 9.02. The quantitative estimate of drug-likeness (QED) is 0.805. The molecule has 23 heavy (non-hydrogen) atoms. The van der Waals surface area contributed by atoms with Crippen LogP contribution < -0.4 is 9.47 Å². The Kier molecular flexibility index (Phi) is 5.44. The van der Waals surface area contributed by atoms with Crippen molar-refractivity contribution in [2.45, 2.75) is 39.2 Å². The predicted octanol–water partition coefficient (Wildman–Crippen LogP) is 2.59. The summed E-state index contributed by atoms with van der Waals surface area (Å²) in [6, 6.07) is 4.42. The summed E-state index contributed by atoms with van der Waals surface area (Å²) in [5.74, 6) is 2.12. The third-order valence-electron chi connectivity index (χ3n) is 4.90. The topological polar surface area (TPSA) is 24.9 Å². The van der Waals surface area contributed by atoms with E-state index in [0.717, 1.165) is 30.9 Å². The standard InChI is InChI=1S/C19H30N2O2/c1-4-22-18-14-17-12-15(2)23-19(17)13-16(18)6-5-7-21-10-8-20(3)9-11-21/h13-15H,4-12H2,1-3H3. The lowest BCUT2D eigenvalue weighted by Crippen LogP contribution is -2.44. The van der Waals surface area contributed by atoms with Crippen molar-refractivity contribution >= 4 is 0 Å². The van der Waals surface area contributed by atoms with Gasteiger partial charge in [-0.25, -0.2) is 0 Å². The maximum atomic E-state index is 5.92. The van der Waals surface area contributed by atoms with Gasteiger partial charge in [-0.2, -0.15) is 0 Å². The molecule has 2 heterocycles. The number of rotatable bonds is 6. The molecule has 4 heteroatoms. The van der Waals surface area contributed by atoms with E-state index in [4.69, 9.17) is 9.47 Å². The number of aryl methyl sites for hydroxylation is 1. The first kappa shape index (κ1) is 16.6. The van der Waals surface area contributed by atoms with Crippen molar-refractivity contribution in [2.75, 3.05) is 46.4 Å². The zero-order chi connectivity index (χ0) is 16.2. The second-order valence-corrected chi connectivity index (χ2v) is 6.88. The van der Waals surface area contributed by atoms with Gasteiger partial charge in [0.05, 0.1) is 6.61 Å². The van der Waals surface area contributed by atoms with Crippen LogP contribution in [0.5, 0.6) is 11.5 Å². The molecule has 1 unspecified atom stereocenters. The summed E-state index contributed by atoms with van der Waals surface area (Å²) in [5.41, 5.74) is 2.59. The molecular weight excluding hydrogens is 288 g/mol.